The van der Waals surface area contributed by atoms with Gasteiger partial charge in [0.1, 0.15) is 0 Å². The molecule has 0 fully saturated rings. The monoisotopic (exact) mass is 314 g/mol. The third kappa shape index (κ3) is 3.67. The Morgan fingerprint density at radius 3 is 2.85 bits per heavy atom. The van der Waals surface area contributed by atoms with Gasteiger partial charge in [0.05, 0.1) is 22.4 Å². The van der Waals surface area contributed by atoms with E-state index < -0.39 is 10.0 Å². The van der Waals surface area contributed by atoms with Crippen LogP contribution in [0.2, 0.25) is 0 Å². The second-order valence-corrected chi connectivity index (χ2v) is 7.96. The number of carbonyl (C=O) groups is 1. The molecule has 0 saturated heterocycles. The van der Waals surface area contributed by atoms with Crippen LogP contribution in [0.4, 0.5) is 11.4 Å². The molecule has 1 heterocycles. The van der Waals surface area contributed by atoms with Crippen molar-refractivity contribution in [2.45, 2.75) is 36.8 Å². The van der Waals surface area contributed by atoms with Gasteiger partial charge in [-0.3, -0.25) is 9.52 Å². The topological polar surface area (TPSA) is 75.3 Å². The summed E-state index contributed by atoms with van der Waals surface area (Å²) < 4.78 is 26.2. The summed E-state index contributed by atoms with van der Waals surface area (Å²) in [5, 5.41) is 2.65. The van der Waals surface area contributed by atoms with Crippen LogP contribution in [0.5, 0.6) is 0 Å². The van der Waals surface area contributed by atoms with Crippen molar-refractivity contribution in [3.63, 3.8) is 0 Å². The largest absolute Gasteiger partial charge is 0.324 e. The summed E-state index contributed by atoms with van der Waals surface area (Å²) in [6.07, 6.45) is 1.46. The lowest BCUT2D eigenvalue weighted by Crippen LogP contribution is -2.26. The third-order valence-electron chi connectivity index (χ3n) is 2.95. The van der Waals surface area contributed by atoms with Gasteiger partial charge < -0.3 is 5.32 Å². The molecule has 0 saturated carbocycles. The Morgan fingerprint density at radius 1 is 1.40 bits per heavy atom. The van der Waals surface area contributed by atoms with Crippen LogP contribution in [0.15, 0.2) is 23.1 Å². The average Bonchev–Trinajstić information content (AvgIpc) is 2.38. The average molecular weight is 314 g/mol. The first kappa shape index (κ1) is 15.2. The van der Waals surface area contributed by atoms with E-state index in [1.807, 2.05) is 19.9 Å². The fourth-order valence-electron chi connectivity index (χ4n) is 1.84. The summed E-state index contributed by atoms with van der Waals surface area (Å²) in [6.45, 7) is 3.78. The highest BCUT2D eigenvalue weighted by Gasteiger charge is 2.23. The summed E-state index contributed by atoms with van der Waals surface area (Å²) >= 11 is 1.47. The molecule has 0 bridgehead atoms. The number of benzene rings is 1. The maximum Gasteiger partial charge on any atom is 0.237 e. The highest BCUT2D eigenvalue weighted by atomic mass is 32.2. The first-order valence-electron chi connectivity index (χ1n) is 6.53. The molecule has 0 spiro atoms. The number of hydrogen-bond acceptors (Lipinski definition) is 4. The molecule has 1 aliphatic heterocycles. The number of fused-ring (bicyclic) bond motifs is 1. The normalized spacial score (nSPS) is 18.3. The Kier molecular flexibility index (Phi) is 4.59. The maximum atomic E-state index is 11.8. The maximum absolute atomic E-state index is 11.8. The summed E-state index contributed by atoms with van der Waals surface area (Å²) in [7, 11) is -3.32. The summed E-state index contributed by atoms with van der Waals surface area (Å²) in [5.41, 5.74) is 1.14. The van der Waals surface area contributed by atoms with E-state index in [-0.39, 0.29) is 16.9 Å². The predicted octanol–water partition coefficient (Wildman–Crippen LogP) is 2.66. The fourth-order valence-corrected chi connectivity index (χ4v) is 4.02. The zero-order valence-electron chi connectivity index (χ0n) is 11.5. The van der Waals surface area contributed by atoms with Gasteiger partial charge in [0.15, 0.2) is 0 Å². The molecule has 1 amide bonds. The van der Waals surface area contributed by atoms with Crippen LogP contribution in [0, 0.1) is 0 Å². The van der Waals surface area contributed by atoms with Gasteiger partial charge >= 0.3 is 0 Å². The molecular formula is C13H18N2O3S2. The first-order chi connectivity index (χ1) is 9.41. The molecule has 1 atom stereocenters. The third-order valence-corrected chi connectivity index (χ3v) is 5.50. The molecule has 0 radical (unpaired) electrons. The molecule has 2 N–H and O–H groups in total. The smallest absolute Gasteiger partial charge is 0.237 e. The predicted molar refractivity (Wildman–Crippen MR) is 82.7 cm³/mol. The van der Waals surface area contributed by atoms with Crippen molar-refractivity contribution in [2.24, 2.45) is 0 Å². The lowest BCUT2D eigenvalue weighted by atomic mass is 10.2. The van der Waals surface area contributed by atoms with Crippen LogP contribution in [0.25, 0.3) is 0 Å². The zero-order chi connectivity index (χ0) is 14.8. The van der Waals surface area contributed by atoms with Gasteiger partial charge in [-0.05, 0) is 31.5 Å². The summed E-state index contributed by atoms with van der Waals surface area (Å²) in [5.74, 6) is 0.0483. The van der Waals surface area contributed by atoms with Crippen LogP contribution < -0.4 is 10.0 Å². The van der Waals surface area contributed by atoms with Gasteiger partial charge in [-0.25, -0.2) is 8.42 Å². The van der Waals surface area contributed by atoms with E-state index >= 15 is 0 Å². The highest BCUT2D eigenvalue weighted by molar-refractivity contribution is 8.01. The Balaban J connectivity index is 2.16. The minimum atomic E-state index is -3.32. The lowest BCUT2D eigenvalue weighted by Gasteiger charge is -2.22. The number of rotatable bonds is 5. The molecule has 7 heteroatoms. The molecule has 0 aliphatic carbocycles. The van der Waals surface area contributed by atoms with E-state index in [2.05, 4.69) is 10.0 Å². The second kappa shape index (κ2) is 6.05. The van der Waals surface area contributed by atoms with Crippen molar-refractivity contribution in [1.29, 1.82) is 0 Å². The van der Waals surface area contributed by atoms with Gasteiger partial charge in [-0.2, -0.15) is 0 Å². The molecule has 1 aliphatic rings. The first-order valence-corrected chi connectivity index (χ1v) is 9.06. The number of hydrogen-bond donors (Lipinski definition) is 2. The van der Waals surface area contributed by atoms with Gasteiger partial charge in [0, 0.05) is 4.90 Å². The molecule has 2 rings (SSSR count). The number of sulfonamides is 1. The Bertz CT molecular complexity index is 614. The fraction of sp³-hybridized carbons (Fsp3) is 0.462. The van der Waals surface area contributed by atoms with Gasteiger partial charge in [0.25, 0.3) is 0 Å². The number of carbonyl (C=O) groups excluding carboxylic acids is 1. The second-order valence-electron chi connectivity index (χ2n) is 4.73. The molecule has 1 aromatic carbocycles. The number of nitrogens with one attached hydrogen (secondary N) is 2. The van der Waals surface area contributed by atoms with E-state index in [9.17, 15) is 13.2 Å². The van der Waals surface area contributed by atoms with Crippen molar-refractivity contribution in [2.75, 3.05) is 15.8 Å². The standard InChI is InChI=1S/C13H18N2O3S2/c1-3-4-7-20(17,18)15-10-5-6-12-11(8-10)14-13(16)9(2)19-12/h5-6,8-9,15H,3-4,7H2,1-2H3,(H,14,16). The number of thioether (sulfide) groups is 1. The van der Waals surface area contributed by atoms with Crippen molar-refractivity contribution in [3.8, 4) is 0 Å². The molecule has 20 heavy (non-hydrogen) atoms. The van der Waals surface area contributed by atoms with Gasteiger partial charge in [-0.15, -0.1) is 11.8 Å². The van der Waals surface area contributed by atoms with Crippen LogP contribution in [-0.2, 0) is 14.8 Å². The molecule has 1 unspecified atom stereocenters. The zero-order valence-corrected chi connectivity index (χ0v) is 13.1. The molecule has 5 nitrogen and oxygen atoms in total. The van der Waals surface area contributed by atoms with Crippen molar-refractivity contribution < 1.29 is 13.2 Å². The van der Waals surface area contributed by atoms with Crippen LogP contribution in [0.3, 0.4) is 0 Å². The van der Waals surface area contributed by atoms with Crippen molar-refractivity contribution in [3.05, 3.63) is 18.2 Å². The molecular weight excluding hydrogens is 296 g/mol. The van der Waals surface area contributed by atoms with Crippen LogP contribution >= 0.6 is 11.8 Å². The Hall–Kier alpha value is -1.21. The number of unbranched alkanes of at least 4 members (excludes halogenated alkanes) is 1. The van der Waals surface area contributed by atoms with Crippen LogP contribution in [0.1, 0.15) is 26.7 Å². The van der Waals surface area contributed by atoms with Crippen LogP contribution in [-0.4, -0.2) is 25.3 Å². The number of anilines is 2. The summed E-state index contributed by atoms with van der Waals surface area (Å²) in [4.78, 5) is 12.6. The number of amides is 1. The molecule has 0 aromatic heterocycles. The summed E-state index contributed by atoms with van der Waals surface area (Å²) in [6, 6.07) is 5.21. The minimum Gasteiger partial charge on any atom is -0.324 e. The van der Waals surface area contributed by atoms with E-state index in [0.717, 1.165) is 11.3 Å². The van der Waals surface area contributed by atoms with Gasteiger partial charge in [-0.1, -0.05) is 13.3 Å². The minimum absolute atomic E-state index is 0.0616. The SMILES string of the molecule is CCCCS(=O)(=O)Nc1ccc2c(c1)NC(=O)C(C)S2. The van der Waals surface area contributed by atoms with E-state index in [1.54, 1.807) is 12.1 Å². The molecule has 110 valence electrons. The highest BCUT2D eigenvalue weighted by Crippen LogP contribution is 2.37. The van der Waals surface area contributed by atoms with E-state index in [1.165, 1.54) is 11.8 Å². The Morgan fingerprint density at radius 2 is 2.15 bits per heavy atom. The van der Waals surface area contributed by atoms with E-state index in [4.69, 9.17) is 0 Å². The van der Waals surface area contributed by atoms with E-state index in [0.29, 0.717) is 17.8 Å². The quantitative estimate of drug-likeness (QED) is 0.876. The van der Waals surface area contributed by atoms with Crippen molar-refractivity contribution in [1.82, 2.24) is 0 Å². The van der Waals surface area contributed by atoms with Crippen molar-refractivity contribution >= 4 is 39.1 Å². The van der Waals surface area contributed by atoms with Gasteiger partial charge in [0.2, 0.25) is 15.9 Å². The molecule has 1 aromatic rings. The lowest BCUT2D eigenvalue weighted by molar-refractivity contribution is -0.115. The Labute approximate surface area is 123 Å².